The van der Waals surface area contributed by atoms with Crippen LogP contribution < -0.4 is 4.90 Å². The first-order chi connectivity index (χ1) is 7.81. The Labute approximate surface area is 92.0 Å². The largest absolute Gasteiger partial charge is 0.569 e. The molecule has 0 saturated carbocycles. The van der Waals surface area contributed by atoms with E-state index < -0.39 is 0 Å². The minimum Gasteiger partial charge on any atom is -0.569 e. The predicted octanol–water partition coefficient (Wildman–Crippen LogP) is -0.135. The summed E-state index contributed by atoms with van der Waals surface area (Å²) in [4.78, 5) is 10.4. The average Bonchev–Trinajstić information content (AvgIpc) is 2.39. The molecule has 2 heterocycles. The first-order valence-electron chi connectivity index (χ1n) is 4.90. The number of piperazine rings is 1. The van der Waals surface area contributed by atoms with Crippen molar-refractivity contribution in [3.63, 3.8) is 0 Å². The van der Waals surface area contributed by atoms with Gasteiger partial charge in [0.2, 0.25) is 11.2 Å². The van der Waals surface area contributed by atoms with Gasteiger partial charge in [0.05, 0.1) is 18.1 Å². The van der Waals surface area contributed by atoms with Crippen molar-refractivity contribution < 1.29 is 10.2 Å². The van der Waals surface area contributed by atoms with Gasteiger partial charge in [-0.05, 0) is 6.07 Å². The number of hydrogen-bond donors (Lipinski definition) is 1. The number of nitrogens with zero attached hydrogens (tertiary/aromatic N) is 6. The number of rotatable bonds is 2. The molecule has 0 spiro atoms. The zero-order valence-electron chi connectivity index (χ0n) is 8.60. The molecule has 8 heteroatoms. The predicted molar refractivity (Wildman–Crippen MR) is 53.7 cm³/mol. The number of anilines is 1. The fourth-order valence-corrected chi connectivity index (χ4v) is 1.58. The normalized spacial score (nSPS) is 17.6. The van der Waals surface area contributed by atoms with Gasteiger partial charge in [0.25, 0.3) is 0 Å². The molecule has 1 aliphatic rings. The van der Waals surface area contributed by atoms with E-state index in [1.807, 2.05) is 4.90 Å². The second-order valence-electron chi connectivity index (χ2n) is 3.33. The minimum absolute atomic E-state index is 0.198. The molecule has 1 aromatic rings. The van der Waals surface area contributed by atoms with Gasteiger partial charge in [-0.25, -0.2) is 9.97 Å². The average molecular weight is 224 g/mol. The molecule has 1 N–H and O–H groups in total. The summed E-state index contributed by atoms with van der Waals surface area (Å²) >= 11 is 0. The first-order valence-corrected chi connectivity index (χ1v) is 4.90. The molecule has 1 aliphatic heterocycles. The Morgan fingerprint density at radius 2 is 1.88 bits per heavy atom. The summed E-state index contributed by atoms with van der Waals surface area (Å²) in [5, 5.41) is 23.3. The van der Waals surface area contributed by atoms with Gasteiger partial charge >= 0.3 is 0 Å². The summed E-state index contributed by atoms with van der Waals surface area (Å²) in [5.74, 6) is 0.653. The summed E-state index contributed by atoms with van der Waals surface area (Å²) < 4.78 is 0. The molecule has 1 aromatic heterocycles. The maximum atomic E-state index is 11.0. The molecule has 1 saturated heterocycles. The Balaban J connectivity index is 1.96. The Morgan fingerprint density at radius 1 is 1.25 bits per heavy atom. The molecule has 0 aliphatic carbocycles. The van der Waals surface area contributed by atoms with Crippen molar-refractivity contribution in [3.05, 3.63) is 23.7 Å². The summed E-state index contributed by atoms with van der Waals surface area (Å²) in [5.41, 5.74) is 0. The molecule has 0 radical (unpaired) electrons. The van der Waals surface area contributed by atoms with Crippen LogP contribution in [0.2, 0.25) is 0 Å². The zero-order valence-corrected chi connectivity index (χ0v) is 8.60. The molecule has 0 atom stereocenters. The van der Waals surface area contributed by atoms with Crippen molar-refractivity contribution in [2.75, 3.05) is 31.1 Å². The summed E-state index contributed by atoms with van der Waals surface area (Å²) in [6.07, 6.45) is 3.36. The van der Waals surface area contributed by atoms with Crippen molar-refractivity contribution in [2.24, 2.45) is 5.28 Å². The standard InChI is InChI=1S/C8H12N6O2/c15-11-14(16)13-6-4-12(5-7-13)8-9-2-1-3-10-8/h1-3,15H,4-7H2/b14-11-. The van der Waals surface area contributed by atoms with E-state index in [2.05, 4.69) is 15.2 Å². The van der Waals surface area contributed by atoms with Gasteiger partial charge in [-0.15, -0.1) is 5.01 Å². The van der Waals surface area contributed by atoms with Crippen LogP contribution >= 0.6 is 0 Å². The fourth-order valence-electron chi connectivity index (χ4n) is 1.58. The van der Waals surface area contributed by atoms with E-state index in [-0.39, 0.29) is 4.97 Å². The Bertz CT molecular complexity index is 362. The third-order valence-electron chi connectivity index (χ3n) is 2.41. The highest BCUT2D eigenvalue weighted by molar-refractivity contribution is 5.28. The summed E-state index contributed by atoms with van der Waals surface area (Å²) in [6, 6.07) is 1.75. The molecule has 1 fully saturated rings. The lowest BCUT2D eigenvalue weighted by molar-refractivity contribution is -0.710. The third-order valence-corrected chi connectivity index (χ3v) is 2.41. The van der Waals surface area contributed by atoms with Crippen LogP contribution in [0.25, 0.3) is 0 Å². The SMILES string of the molecule is [O-]/[N+](=N\O)N1CCN(c2ncccn2)CC1. The van der Waals surface area contributed by atoms with Crippen molar-refractivity contribution in [2.45, 2.75) is 0 Å². The van der Waals surface area contributed by atoms with E-state index in [1.54, 1.807) is 18.5 Å². The van der Waals surface area contributed by atoms with E-state index in [4.69, 9.17) is 5.21 Å². The second-order valence-corrected chi connectivity index (χ2v) is 3.33. The lowest BCUT2D eigenvalue weighted by Crippen LogP contribution is -2.49. The van der Waals surface area contributed by atoms with Crippen LogP contribution in [0.3, 0.4) is 0 Å². The Morgan fingerprint density at radius 3 is 2.44 bits per heavy atom. The number of hydrogen-bond acceptors (Lipinski definition) is 5. The highest BCUT2D eigenvalue weighted by Crippen LogP contribution is 2.09. The molecule has 8 nitrogen and oxygen atoms in total. The lowest BCUT2D eigenvalue weighted by atomic mass is 10.4. The summed E-state index contributed by atoms with van der Waals surface area (Å²) in [7, 11) is 0. The van der Waals surface area contributed by atoms with Crippen LogP contribution in [0.15, 0.2) is 23.7 Å². The maximum Gasteiger partial charge on any atom is 0.230 e. The Hall–Kier alpha value is -2.12. The molecule has 0 unspecified atom stereocenters. The van der Waals surface area contributed by atoms with E-state index in [0.29, 0.717) is 32.1 Å². The van der Waals surface area contributed by atoms with Gasteiger partial charge in [-0.2, -0.15) is 0 Å². The van der Waals surface area contributed by atoms with E-state index in [1.165, 1.54) is 5.01 Å². The van der Waals surface area contributed by atoms with Gasteiger partial charge < -0.3 is 15.3 Å². The molecule has 0 amide bonds. The van der Waals surface area contributed by atoms with Gasteiger partial charge in [-0.1, -0.05) is 0 Å². The van der Waals surface area contributed by atoms with E-state index in [0.717, 1.165) is 0 Å². The number of aromatic nitrogens is 2. The molecule has 16 heavy (non-hydrogen) atoms. The topological polar surface area (TPSA) is 90.9 Å². The molecular formula is C8H12N6O2. The highest BCUT2D eigenvalue weighted by atomic mass is 16.6. The van der Waals surface area contributed by atoms with Gasteiger partial charge in [0, 0.05) is 25.5 Å². The van der Waals surface area contributed by atoms with Crippen molar-refractivity contribution >= 4 is 5.95 Å². The Kier molecular flexibility index (Phi) is 2.99. The highest BCUT2D eigenvalue weighted by Gasteiger charge is 2.23. The molecule has 0 aromatic carbocycles. The maximum absolute atomic E-state index is 11.0. The fraction of sp³-hybridized carbons (Fsp3) is 0.500. The van der Waals surface area contributed by atoms with Crippen molar-refractivity contribution in [1.29, 1.82) is 0 Å². The summed E-state index contributed by atoms with van der Waals surface area (Å²) in [6.45, 7) is 2.20. The van der Waals surface area contributed by atoms with Crippen LogP contribution in [0.4, 0.5) is 5.95 Å². The smallest absolute Gasteiger partial charge is 0.230 e. The van der Waals surface area contributed by atoms with Gasteiger partial charge in [0.15, 0.2) is 0 Å². The first kappa shape index (κ1) is 10.4. The quantitative estimate of drug-likeness (QED) is 0.427. The third kappa shape index (κ3) is 2.10. The molecule has 2 rings (SSSR count). The number of hydrazine groups is 1. The van der Waals surface area contributed by atoms with E-state index >= 15 is 0 Å². The van der Waals surface area contributed by atoms with Crippen LogP contribution in [0.1, 0.15) is 0 Å². The lowest BCUT2D eigenvalue weighted by Gasteiger charge is -2.31. The molecule has 0 bridgehead atoms. The van der Waals surface area contributed by atoms with Crippen molar-refractivity contribution in [1.82, 2.24) is 15.0 Å². The van der Waals surface area contributed by atoms with Crippen LogP contribution in [-0.2, 0) is 0 Å². The minimum atomic E-state index is 0.198. The van der Waals surface area contributed by atoms with Crippen LogP contribution in [0, 0.1) is 5.21 Å². The second kappa shape index (κ2) is 4.60. The van der Waals surface area contributed by atoms with Crippen molar-refractivity contribution in [3.8, 4) is 0 Å². The van der Waals surface area contributed by atoms with E-state index in [9.17, 15) is 5.21 Å². The molecular weight excluding hydrogens is 212 g/mol. The van der Waals surface area contributed by atoms with Gasteiger partial charge in [0.1, 0.15) is 0 Å². The van der Waals surface area contributed by atoms with Crippen LogP contribution in [0.5, 0.6) is 0 Å². The molecule has 86 valence electrons. The monoisotopic (exact) mass is 224 g/mol. The zero-order chi connectivity index (χ0) is 11.4. The van der Waals surface area contributed by atoms with Gasteiger partial charge in [-0.3, -0.25) is 0 Å². The van der Waals surface area contributed by atoms with Crippen LogP contribution in [-0.4, -0.2) is 51.3 Å².